The van der Waals surface area contributed by atoms with Crippen molar-refractivity contribution in [3.8, 4) is 0 Å². The highest BCUT2D eigenvalue weighted by molar-refractivity contribution is 6.08. The number of nitrogens with one attached hydrogen (secondary N) is 3. The highest BCUT2D eigenvalue weighted by Crippen LogP contribution is 2.23. The fourth-order valence-electron chi connectivity index (χ4n) is 2.59. The molecule has 4 rings (SSSR count). The Balaban J connectivity index is 1.50. The Morgan fingerprint density at radius 1 is 0.920 bits per heavy atom. The van der Waals surface area contributed by atoms with E-state index in [9.17, 15) is 4.79 Å². The number of benzene rings is 2. The third kappa shape index (κ3) is 3.18. The molecule has 122 valence electrons. The Bertz CT molecular complexity index is 1010. The topological polar surface area (TPSA) is 82.7 Å². The monoisotopic (exact) mass is 329 g/mol. The van der Waals surface area contributed by atoms with Crippen molar-refractivity contribution in [1.29, 1.82) is 0 Å². The molecule has 0 fully saturated rings. The van der Waals surface area contributed by atoms with Crippen LogP contribution in [0.3, 0.4) is 0 Å². The quantitative estimate of drug-likeness (QED) is 0.529. The highest BCUT2D eigenvalue weighted by atomic mass is 16.1. The van der Waals surface area contributed by atoms with Crippen LogP contribution in [0.1, 0.15) is 10.4 Å². The SMILES string of the molecule is O=C(Nc1cccc2[nH]ccc12)c1ccc(Nc2ncccn2)cc1. The van der Waals surface area contributed by atoms with Gasteiger partial charge in [-0.1, -0.05) is 6.07 Å². The maximum atomic E-state index is 12.5. The number of nitrogens with zero attached hydrogens (tertiary/aromatic N) is 2. The molecule has 2 heterocycles. The summed E-state index contributed by atoms with van der Waals surface area (Å²) in [4.78, 5) is 23.8. The van der Waals surface area contributed by atoms with E-state index >= 15 is 0 Å². The van der Waals surface area contributed by atoms with Crippen molar-refractivity contribution in [2.75, 3.05) is 10.6 Å². The number of aromatic amines is 1. The largest absolute Gasteiger partial charge is 0.361 e. The van der Waals surface area contributed by atoms with Crippen molar-refractivity contribution >= 4 is 34.1 Å². The van der Waals surface area contributed by atoms with Gasteiger partial charge in [0.2, 0.25) is 5.95 Å². The maximum absolute atomic E-state index is 12.5. The molecule has 6 nitrogen and oxygen atoms in total. The van der Waals surface area contributed by atoms with Crippen molar-refractivity contribution in [2.45, 2.75) is 0 Å². The Labute approximate surface area is 144 Å². The molecule has 0 aliphatic heterocycles. The number of hydrogen-bond acceptors (Lipinski definition) is 4. The lowest BCUT2D eigenvalue weighted by molar-refractivity contribution is 0.102. The van der Waals surface area contributed by atoms with Crippen LogP contribution in [0.25, 0.3) is 10.9 Å². The zero-order chi connectivity index (χ0) is 17.1. The van der Waals surface area contributed by atoms with Crippen LogP contribution in [-0.4, -0.2) is 20.9 Å². The summed E-state index contributed by atoms with van der Waals surface area (Å²) in [7, 11) is 0. The molecule has 0 saturated carbocycles. The Hall–Kier alpha value is -3.67. The molecule has 0 radical (unpaired) electrons. The first kappa shape index (κ1) is 14.9. The van der Waals surface area contributed by atoms with Gasteiger partial charge in [-0.25, -0.2) is 9.97 Å². The van der Waals surface area contributed by atoms with Gasteiger partial charge in [0.25, 0.3) is 5.91 Å². The first-order valence-corrected chi connectivity index (χ1v) is 7.81. The van der Waals surface area contributed by atoms with Gasteiger partial charge < -0.3 is 15.6 Å². The van der Waals surface area contributed by atoms with Crippen molar-refractivity contribution in [3.05, 3.63) is 78.8 Å². The summed E-state index contributed by atoms with van der Waals surface area (Å²) in [5, 5.41) is 7.02. The third-order valence-electron chi connectivity index (χ3n) is 3.81. The zero-order valence-electron chi connectivity index (χ0n) is 13.2. The van der Waals surface area contributed by atoms with Gasteiger partial charge in [-0.2, -0.15) is 0 Å². The number of carbonyl (C=O) groups excluding carboxylic acids is 1. The van der Waals surface area contributed by atoms with Gasteiger partial charge in [0.15, 0.2) is 0 Å². The number of amides is 1. The summed E-state index contributed by atoms with van der Waals surface area (Å²) in [5.74, 6) is 0.357. The van der Waals surface area contributed by atoms with Crippen LogP contribution in [-0.2, 0) is 0 Å². The van der Waals surface area contributed by atoms with Crippen LogP contribution >= 0.6 is 0 Å². The molecule has 2 aromatic heterocycles. The van der Waals surface area contributed by atoms with E-state index in [1.807, 2.05) is 42.6 Å². The Morgan fingerprint density at radius 2 is 1.72 bits per heavy atom. The molecule has 0 aliphatic carbocycles. The number of hydrogen-bond donors (Lipinski definition) is 3. The fraction of sp³-hybridized carbons (Fsp3) is 0. The van der Waals surface area contributed by atoms with Gasteiger partial charge >= 0.3 is 0 Å². The van der Waals surface area contributed by atoms with Crippen LogP contribution < -0.4 is 10.6 Å². The molecular formula is C19H15N5O. The second kappa shape index (κ2) is 6.45. The Morgan fingerprint density at radius 3 is 2.52 bits per heavy atom. The van der Waals surface area contributed by atoms with E-state index in [4.69, 9.17) is 0 Å². The molecular weight excluding hydrogens is 314 g/mol. The standard InChI is InChI=1S/C19H15N5O/c25-18(24-17-4-1-3-16-15(17)9-12-20-16)13-5-7-14(8-6-13)23-19-21-10-2-11-22-19/h1-12,20H,(H,24,25)(H,21,22,23). The minimum atomic E-state index is -0.156. The summed E-state index contributed by atoms with van der Waals surface area (Å²) < 4.78 is 0. The average molecular weight is 329 g/mol. The normalized spacial score (nSPS) is 10.6. The van der Waals surface area contributed by atoms with Gasteiger partial charge in [-0.15, -0.1) is 0 Å². The number of carbonyl (C=O) groups is 1. The van der Waals surface area contributed by atoms with Crippen LogP contribution in [0.2, 0.25) is 0 Å². The number of H-pyrrole nitrogens is 1. The number of anilines is 3. The fourth-order valence-corrected chi connectivity index (χ4v) is 2.59. The predicted molar refractivity (Wildman–Crippen MR) is 98.0 cm³/mol. The number of aromatic nitrogens is 3. The van der Waals surface area contributed by atoms with Crippen molar-refractivity contribution in [2.24, 2.45) is 0 Å². The van der Waals surface area contributed by atoms with Gasteiger partial charge in [-0.05, 0) is 48.5 Å². The second-order valence-corrected chi connectivity index (χ2v) is 5.47. The smallest absolute Gasteiger partial charge is 0.255 e. The summed E-state index contributed by atoms with van der Waals surface area (Å²) >= 11 is 0. The third-order valence-corrected chi connectivity index (χ3v) is 3.81. The van der Waals surface area contributed by atoms with Gasteiger partial charge in [0.1, 0.15) is 0 Å². The van der Waals surface area contributed by atoms with E-state index in [1.165, 1.54) is 0 Å². The first-order chi connectivity index (χ1) is 12.3. The van der Waals surface area contributed by atoms with Crippen LogP contribution in [0.5, 0.6) is 0 Å². The maximum Gasteiger partial charge on any atom is 0.255 e. The zero-order valence-corrected chi connectivity index (χ0v) is 13.2. The summed E-state index contributed by atoms with van der Waals surface area (Å²) in [6, 6.07) is 16.6. The lowest BCUT2D eigenvalue weighted by atomic mass is 10.1. The van der Waals surface area contributed by atoms with Gasteiger partial charge in [-0.3, -0.25) is 4.79 Å². The molecule has 0 bridgehead atoms. The van der Waals surface area contributed by atoms with E-state index < -0.39 is 0 Å². The van der Waals surface area contributed by atoms with E-state index in [1.54, 1.807) is 30.6 Å². The molecule has 0 atom stereocenters. The number of rotatable bonds is 4. The lowest BCUT2D eigenvalue weighted by Gasteiger charge is -2.08. The van der Waals surface area contributed by atoms with E-state index in [0.29, 0.717) is 11.5 Å². The summed E-state index contributed by atoms with van der Waals surface area (Å²) in [6.07, 6.45) is 5.18. The molecule has 3 N–H and O–H groups in total. The minimum absolute atomic E-state index is 0.156. The van der Waals surface area contributed by atoms with Crippen molar-refractivity contribution < 1.29 is 4.79 Å². The summed E-state index contributed by atoms with van der Waals surface area (Å²) in [5.41, 5.74) is 3.16. The molecule has 6 heteroatoms. The highest BCUT2D eigenvalue weighted by Gasteiger charge is 2.09. The Kier molecular flexibility index (Phi) is 3.84. The van der Waals surface area contributed by atoms with Crippen molar-refractivity contribution in [1.82, 2.24) is 15.0 Å². The van der Waals surface area contributed by atoms with Crippen LogP contribution in [0, 0.1) is 0 Å². The van der Waals surface area contributed by atoms with E-state index in [2.05, 4.69) is 25.6 Å². The molecule has 0 aliphatic rings. The van der Waals surface area contributed by atoms with Gasteiger partial charge in [0, 0.05) is 40.7 Å². The molecule has 2 aromatic carbocycles. The number of fused-ring (bicyclic) bond motifs is 1. The van der Waals surface area contributed by atoms with Crippen LogP contribution in [0.15, 0.2) is 73.2 Å². The molecule has 25 heavy (non-hydrogen) atoms. The average Bonchev–Trinajstić information content (AvgIpc) is 3.13. The first-order valence-electron chi connectivity index (χ1n) is 7.81. The van der Waals surface area contributed by atoms with E-state index in [-0.39, 0.29) is 5.91 Å². The molecule has 4 aromatic rings. The second-order valence-electron chi connectivity index (χ2n) is 5.47. The summed E-state index contributed by atoms with van der Waals surface area (Å²) in [6.45, 7) is 0. The van der Waals surface area contributed by atoms with Gasteiger partial charge in [0.05, 0.1) is 5.69 Å². The molecule has 0 saturated heterocycles. The lowest BCUT2D eigenvalue weighted by Crippen LogP contribution is -2.12. The predicted octanol–water partition coefficient (Wildman–Crippen LogP) is 3.95. The van der Waals surface area contributed by atoms with Crippen LogP contribution in [0.4, 0.5) is 17.3 Å². The molecule has 1 amide bonds. The molecule has 0 spiro atoms. The minimum Gasteiger partial charge on any atom is -0.361 e. The molecule has 0 unspecified atom stereocenters. The van der Waals surface area contributed by atoms with E-state index in [0.717, 1.165) is 22.3 Å². The van der Waals surface area contributed by atoms with Crippen molar-refractivity contribution in [3.63, 3.8) is 0 Å².